The molecule has 118 valence electrons. The first kappa shape index (κ1) is 14.2. The van der Waals surface area contributed by atoms with E-state index < -0.39 is 0 Å². The van der Waals surface area contributed by atoms with E-state index in [2.05, 4.69) is 21.5 Å². The van der Waals surface area contributed by atoms with Gasteiger partial charge in [0.05, 0.1) is 6.33 Å². The zero-order valence-corrected chi connectivity index (χ0v) is 13.3. The van der Waals surface area contributed by atoms with Gasteiger partial charge in [0, 0.05) is 11.6 Å². The van der Waals surface area contributed by atoms with Crippen molar-refractivity contribution in [2.75, 3.05) is 5.73 Å². The van der Waals surface area contributed by atoms with Crippen LogP contribution in [0.3, 0.4) is 0 Å². The second-order valence-corrected chi connectivity index (χ2v) is 6.54. The first-order valence-corrected chi connectivity index (χ1v) is 8.28. The topological polar surface area (TPSA) is 69.6 Å². The van der Waals surface area contributed by atoms with Crippen molar-refractivity contribution in [3.63, 3.8) is 0 Å². The van der Waals surface area contributed by atoms with Gasteiger partial charge in [-0.3, -0.25) is 0 Å². The number of fused-ring (bicyclic) bond motifs is 1. The summed E-state index contributed by atoms with van der Waals surface area (Å²) in [6.07, 6.45) is 6.76. The summed E-state index contributed by atoms with van der Waals surface area (Å²) in [4.78, 5) is 13.7. The lowest BCUT2D eigenvalue weighted by atomic mass is 9.87. The Morgan fingerprint density at radius 2 is 1.78 bits per heavy atom. The Kier molecular flexibility index (Phi) is 3.48. The molecule has 0 radical (unpaired) electrons. The molecule has 2 heterocycles. The summed E-state index contributed by atoms with van der Waals surface area (Å²) in [5.74, 6) is 1.94. The van der Waals surface area contributed by atoms with E-state index >= 15 is 0 Å². The van der Waals surface area contributed by atoms with E-state index in [1.807, 2.05) is 36.7 Å². The molecule has 2 aromatic heterocycles. The minimum atomic E-state index is 0.455. The molecule has 0 amide bonds. The average molecular weight is 307 g/mol. The highest BCUT2D eigenvalue weighted by Gasteiger charge is 2.22. The first-order chi connectivity index (χ1) is 11.2. The van der Waals surface area contributed by atoms with Gasteiger partial charge in [-0.1, -0.05) is 37.3 Å². The molecule has 0 atom stereocenters. The fraction of sp³-hybridized carbons (Fsp3) is 0.389. The van der Waals surface area contributed by atoms with Crippen molar-refractivity contribution < 1.29 is 0 Å². The lowest BCUT2D eigenvalue weighted by Crippen LogP contribution is -2.16. The normalized spacial score (nSPS) is 21.6. The summed E-state index contributed by atoms with van der Waals surface area (Å²) in [6, 6.07) is 10.4. The van der Waals surface area contributed by atoms with Gasteiger partial charge in [0.1, 0.15) is 5.52 Å². The molecule has 0 aliphatic heterocycles. The van der Waals surface area contributed by atoms with Crippen molar-refractivity contribution in [3.8, 4) is 11.4 Å². The summed E-state index contributed by atoms with van der Waals surface area (Å²) in [5, 5.41) is 0. The molecule has 0 saturated heterocycles. The number of imidazole rings is 1. The van der Waals surface area contributed by atoms with E-state index in [4.69, 9.17) is 10.7 Å². The fourth-order valence-corrected chi connectivity index (χ4v) is 3.44. The van der Waals surface area contributed by atoms with Crippen LogP contribution in [0.1, 0.15) is 38.6 Å². The van der Waals surface area contributed by atoms with Gasteiger partial charge in [-0.25, -0.2) is 15.0 Å². The van der Waals surface area contributed by atoms with Gasteiger partial charge in [0.2, 0.25) is 0 Å². The third-order valence-corrected chi connectivity index (χ3v) is 4.86. The van der Waals surface area contributed by atoms with E-state index in [0.29, 0.717) is 23.2 Å². The molecule has 0 spiro atoms. The van der Waals surface area contributed by atoms with Crippen LogP contribution in [0.2, 0.25) is 0 Å². The van der Waals surface area contributed by atoms with E-state index in [-0.39, 0.29) is 0 Å². The number of nitrogens with zero attached hydrogens (tertiary/aromatic N) is 4. The van der Waals surface area contributed by atoms with Gasteiger partial charge in [0.25, 0.3) is 0 Å². The summed E-state index contributed by atoms with van der Waals surface area (Å²) in [6.45, 7) is 2.33. The van der Waals surface area contributed by atoms with Gasteiger partial charge in [-0.15, -0.1) is 0 Å². The lowest BCUT2D eigenvalue weighted by molar-refractivity contribution is 0.293. The van der Waals surface area contributed by atoms with Crippen molar-refractivity contribution in [3.05, 3.63) is 36.7 Å². The summed E-state index contributed by atoms with van der Waals surface area (Å²) >= 11 is 0. The molecule has 1 aromatic carbocycles. The molecule has 1 fully saturated rings. The molecule has 0 unspecified atom stereocenters. The van der Waals surface area contributed by atoms with E-state index in [9.17, 15) is 0 Å². The van der Waals surface area contributed by atoms with Crippen LogP contribution in [-0.2, 0) is 0 Å². The van der Waals surface area contributed by atoms with Crippen LogP contribution in [0.5, 0.6) is 0 Å². The van der Waals surface area contributed by atoms with E-state index in [1.54, 1.807) is 0 Å². The Bertz CT molecular complexity index is 816. The molecule has 0 bridgehead atoms. The van der Waals surface area contributed by atoms with E-state index in [0.717, 1.165) is 17.1 Å². The minimum Gasteiger partial charge on any atom is -0.382 e. The number of hydrogen-bond donors (Lipinski definition) is 1. The van der Waals surface area contributed by atoms with Crippen molar-refractivity contribution in [1.82, 2.24) is 19.5 Å². The SMILES string of the molecule is CC1CCC(n2cnc3c(N)nc(-c4ccccc4)nc32)CC1. The van der Waals surface area contributed by atoms with Gasteiger partial charge in [0.15, 0.2) is 17.3 Å². The van der Waals surface area contributed by atoms with Crippen LogP contribution in [0.15, 0.2) is 36.7 Å². The second kappa shape index (κ2) is 5.65. The Labute approximate surface area is 135 Å². The second-order valence-electron chi connectivity index (χ2n) is 6.54. The van der Waals surface area contributed by atoms with Crippen LogP contribution in [0.25, 0.3) is 22.6 Å². The first-order valence-electron chi connectivity index (χ1n) is 8.28. The number of nitrogens with two attached hydrogens (primary N) is 1. The molecular formula is C18H21N5. The molecule has 5 heteroatoms. The van der Waals surface area contributed by atoms with Crippen molar-refractivity contribution in [1.29, 1.82) is 0 Å². The monoisotopic (exact) mass is 307 g/mol. The van der Waals surface area contributed by atoms with Gasteiger partial charge in [-0.2, -0.15) is 0 Å². The predicted molar refractivity (Wildman–Crippen MR) is 91.8 cm³/mol. The zero-order valence-electron chi connectivity index (χ0n) is 13.3. The quantitative estimate of drug-likeness (QED) is 0.781. The standard InChI is InChI=1S/C18H21N5/c1-12-7-9-14(10-8-12)23-11-20-15-16(19)21-17(22-18(15)23)13-5-3-2-4-6-13/h2-6,11-12,14H,7-10H2,1H3,(H2,19,21,22). The van der Waals surface area contributed by atoms with Crippen molar-refractivity contribution in [2.45, 2.75) is 38.6 Å². The summed E-state index contributed by atoms with van der Waals surface area (Å²) in [7, 11) is 0. The van der Waals surface area contributed by atoms with Crippen molar-refractivity contribution >= 4 is 17.0 Å². The third-order valence-electron chi connectivity index (χ3n) is 4.86. The van der Waals surface area contributed by atoms with Gasteiger partial charge in [-0.05, 0) is 31.6 Å². The molecule has 3 aromatic rings. The Balaban J connectivity index is 1.79. The molecule has 1 saturated carbocycles. The molecule has 4 rings (SSSR count). The molecule has 1 aliphatic rings. The Morgan fingerprint density at radius 1 is 1.04 bits per heavy atom. The van der Waals surface area contributed by atoms with Crippen LogP contribution < -0.4 is 5.73 Å². The zero-order chi connectivity index (χ0) is 15.8. The Morgan fingerprint density at radius 3 is 2.52 bits per heavy atom. The van der Waals surface area contributed by atoms with Gasteiger partial charge < -0.3 is 10.3 Å². The largest absolute Gasteiger partial charge is 0.382 e. The number of anilines is 1. The number of nitrogen functional groups attached to an aromatic ring is 1. The molecule has 2 N–H and O–H groups in total. The smallest absolute Gasteiger partial charge is 0.166 e. The number of aromatic nitrogens is 4. The number of hydrogen-bond acceptors (Lipinski definition) is 4. The maximum absolute atomic E-state index is 6.13. The predicted octanol–water partition coefficient (Wildman–Crippen LogP) is 3.83. The summed E-state index contributed by atoms with van der Waals surface area (Å²) < 4.78 is 2.20. The highest BCUT2D eigenvalue weighted by atomic mass is 15.2. The third kappa shape index (κ3) is 2.56. The summed E-state index contributed by atoms with van der Waals surface area (Å²) in [5.41, 5.74) is 8.68. The molecule has 5 nitrogen and oxygen atoms in total. The lowest BCUT2D eigenvalue weighted by Gasteiger charge is -2.27. The minimum absolute atomic E-state index is 0.455. The average Bonchev–Trinajstić information content (AvgIpc) is 3.01. The number of benzene rings is 1. The maximum Gasteiger partial charge on any atom is 0.166 e. The molecule has 1 aliphatic carbocycles. The fourth-order valence-electron chi connectivity index (χ4n) is 3.44. The maximum atomic E-state index is 6.13. The molecule has 23 heavy (non-hydrogen) atoms. The van der Waals surface area contributed by atoms with Crippen LogP contribution in [0.4, 0.5) is 5.82 Å². The highest BCUT2D eigenvalue weighted by molar-refractivity contribution is 5.83. The van der Waals surface area contributed by atoms with E-state index in [1.165, 1.54) is 25.7 Å². The highest BCUT2D eigenvalue weighted by Crippen LogP contribution is 2.34. The van der Waals surface area contributed by atoms with Crippen LogP contribution in [-0.4, -0.2) is 19.5 Å². The van der Waals surface area contributed by atoms with Crippen LogP contribution in [0, 0.1) is 5.92 Å². The van der Waals surface area contributed by atoms with Crippen LogP contribution >= 0.6 is 0 Å². The van der Waals surface area contributed by atoms with Gasteiger partial charge >= 0.3 is 0 Å². The number of rotatable bonds is 2. The van der Waals surface area contributed by atoms with Crippen molar-refractivity contribution in [2.24, 2.45) is 5.92 Å². The molecular weight excluding hydrogens is 286 g/mol. The Hall–Kier alpha value is -2.43.